The Balaban J connectivity index is 2.61. The Labute approximate surface area is 131 Å². The normalized spacial score (nSPS) is 13.9. The first-order chi connectivity index (χ1) is 10.3. The van der Waals surface area contributed by atoms with Crippen LogP contribution in [0.25, 0.3) is 0 Å². The molecule has 0 aromatic heterocycles. The lowest BCUT2D eigenvalue weighted by molar-refractivity contribution is 0.598. The van der Waals surface area contributed by atoms with Gasteiger partial charge in [-0.2, -0.15) is 8.42 Å². The molecule has 0 aliphatic rings. The second-order valence-electron chi connectivity index (χ2n) is 4.82. The molecule has 0 amide bonds. The summed E-state index contributed by atoms with van der Waals surface area (Å²) in [6.07, 6.45) is 5.30. The van der Waals surface area contributed by atoms with Gasteiger partial charge in [-0.1, -0.05) is 39.2 Å². The molecule has 0 fully saturated rings. The first-order valence-electron chi connectivity index (χ1n) is 6.41. The fourth-order valence-electron chi connectivity index (χ4n) is 1.75. The molecule has 0 saturated heterocycles. The Morgan fingerprint density at radius 3 is 1.64 bits per heavy atom. The topological polar surface area (TPSA) is 63.6 Å². The minimum atomic E-state index is -4.10. The van der Waals surface area contributed by atoms with E-state index in [1.54, 1.807) is 24.3 Å². The summed E-state index contributed by atoms with van der Waals surface area (Å²) in [5, 5.41) is 2.03. The fraction of sp³-hybridized carbons (Fsp3) is 0.125. The van der Waals surface area contributed by atoms with Crippen LogP contribution in [-0.2, 0) is 19.8 Å². The number of benzene rings is 2. The summed E-state index contributed by atoms with van der Waals surface area (Å²) >= 11 is 0. The van der Waals surface area contributed by atoms with Crippen LogP contribution >= 0.6 is 0 Å². The van der Waals surface area contributed by atoms with Crippen LogP contribution in [0.4, 0.5) is 0 Å². The maximum absolute atomic E-state index is 12.7. The quantitative estimate of drug-likeness (QED) is 0.811. The number of terminal acetylenes is 1. The average molecular weight is 333 g/mol. The number of rotatable bonds is 3. The summed E-state index contributed by atoms with van der Waals surface area (Å²) in [6.45, 7) is 3.70. The third-order valence-electron chi connectivity index (χ3n) is 3.02. The molecule has 0 bridgehead atoms. The molecule has 2 rings (SSSR count). The number of nitrogens with zero attached hydrogens (tertiary/aromatic N) is 1. The van der Waals surface area contributed by atoms with Crippen molar-refractivity contribution in [2.45, 2.75) is 23.6 Å². The van der Waals surface area contributed by atoms with Crippen molar-refractivity contribution in [3.63, 3.8) is 0 Å². The van der Waals surface area contributed by atoms with Crippen LogP contribution in [0, 0.1) is 25.5 Å². The molecule has 1 unspecified atom stereocenters. The van der Waals surface area contributed by atoms with Crippen LogP contribution in [-0.4, -0.2) is 12.6 Å². The van der Waals surface area contributed by atoms with Crippen molar-refractivity contribution in [1.82, 2.24) is 0 Å². The average Bonchev–Trinajstić information content (AvgIpc) is 2.47. The van der Waals surface area contributed by atoms with E-state index in [1.807, 2.05) is 19.1 Å². The molecule has 0 aliphatic heterocycles. The van der Waals surface area contributed by atoms with E-state index in [4.69, 9.17) is 6.42 Å². The van der Waals surface area contributed by atoms with Crippen LogP contribution in [0.5, 0.6) is 0 Å². The van der Waals surface area contributed by atoms with E-state index in [-0.39, 0.29) is 9.79 Å². The van der Waals surface area contributed by atoms with Crippen molar-refractivity contribution < 1.29 is 12.6 Å². The van der Waals surface area contributed by atoms with E-state index in [0.29, 0.717) is 0 Å². The van der Waals surface area contributed by atoms with Gasteiger partial charge in [-0.25, -0.2) is 4.21 Å². The fourth-order valence-corrected chi connectivity index (χ4v) is 4.83. The third-order valence-corrected chi connectivity index (χ3v) is 6.75. The van der Waals surface area contributed by atoms with Gasteiger partial charge >= 0.3 is 0 Å². The zero-order chi connectivity index (χ0) is 16.4. The van der Waals surface area contributed by atoms with E-state index in [2.05, 4.69) is 3.77 Å². The van der Waals surface area contributed by atoms with Crippen molar-refractivity contribution in [3.8, 4) is 11.7 Å². The Bertz CT molecular complexity index is 942. The van der Waals surface area contributed by atoms with Crippen molar-refractivity contribution in [2.24, 2.45) is 3.77 Å². The van der Waals surface area contributed by atoms with Gasteiger partial charge in [0.1, 0.15) is 0 Å². The molecule has 114 valence electrons. The summed E-state index contributed by atoms with van der Waals surface area (Å²) in [4.78, 5) is 0.171. The molecule has 0 N–H and O–H groups in total. The van der Waals surface area contributed by atoms with Gasteiger partial charge in [0.25, 0.3) is 10.0 Å². The summed E-state index contributed by atoms with van der Waals surface area (Å²) in [5.74, 6) is 0. The van der Waals surface area contributed by atoms with Crippen molar-refractivity contribution in [1.29, 1.82) is 0 Å². The highest BCUT2D eigenvalue weighted by molar-refractivity contribution is 8.06. The lowest BCUT2D eigenvalue weighted by Gasteiger charge is -2.05. The highest BCUT2D eigenvalue weighted by Crippen LogP contribution is 2.20. The Kier molecular flexibility index (Phi) is 4.40. The minimum absolute atomic E-state index is 0.0341. The van der Waals surface area contributed by atoms with E-state index in [0.717, 1.165) is 11.1 Å². The van der Waals surface area contributed by atoms with E-state index < -0.39 is 19.8 Å². The highest BCUT2D eigenvalue weighted by Gasteiger charge is 2.19. The number of hydrogen-bond donors (Lipinski definition) is 0. The molecule has 2 aromatic rings. The second-order valence-corrected chi connectivity index (χ2v) is 8.60. The Hall–Kier alpha value is -2.10. The SMILES string of the molecule is C#CS(=O)(=NS(=O)(=O)c1ccc(C)cc1)c1ccc(C)cc1. The third kappa shape index (κ3) is 3.38. The van der Waals surface area contributed by atoms with Crippen molar-refractivity contribution in [3.05, 3.63) is 59.7 Å². The summed E-state index contributed by atoms with van der Waals surface area (Å²) in [7, 11) is -7.57. The van der Waals surface area contributed by atoms with E-state index in [1.165, 1.54) is 24.3 Å². The molecule has 0 aliphatic carbocycles. The smallest absolute Gasteiger partial charge is 0.230 e. The van der Waals surface area contributed by atoms with Crippen molar-refractivity contribution >= 4 is 19.8 Å². The van der Waals surface area contributed by atoms with Crippen LogP contribution < -0.4 is 0 Å². The molecular weight excluding hydrogens is 318 g/mol. The molecule has 2 aromatic carbocycles. The number of sulfonamides is 1. The van der Waals surface area contributed by atoms with E-state index in [9.17, 15) is 12.6 Å². The second kappa shape index (κ2) is 5.95. The predicted octanol–water partition coefficient (Wildman–Crippen LogP) is 3.11. The lowest BCUT2D eigenvalue weighted by atomic mass is 10.2. The zero-order valence-corrected chi connectivity index (χ0v) is 13.8. The molecule has 6 heteroatoms. The van der Waals surface area contributed by atoms with Crippen LogP contribution in [0.2, 0.25) is 0 Å². The molecule has 0 radical (unpaired) electrons. The molecule has 1 atom stereocenters. The van der Waals surface area contributed by atoms with Crippen LogP contribution in [0.3, 0.4) is 0 Å². The maximum atomic E-state index is 12.7. The molecule has 4 nitrogen and oxygen atoms in total. The van der Waals surface area contributed by atoms with Gasteiger partial charge in [0.05, 0.1) is 9.79 Å². The highest BCUT2D eigenvalue weighted by atomic mass is 32.3. The van der Waals surface area contributed by atoms with Gasteiger partial charge in [0, 0.05) is 5.25 Å². The van der Waals surface area contributed by atoms with Gasteiger partial charge in [0.15, 0.2) is 9.73 Å². The first-order valence-corrected chi connectivity index (χ1v) is 9.36. The molecular formula is C16H15NO3S2. The van der Waals surface area contributed by atoms with Crippen LogP contribution in [0.15, 0.2) is 62.1 Å². The van der Waals surface area contributed by atoms with Gasteiger partial charge in [-0.05, 0) is 38.1 Å². The first kappa shape index (κ1) is 16.3. The summed E-state index contributed by atoms with van der Waals surface area (Å²) in [6, 6.07) is 12.6. The molecule has 22 heavy (non-hydrogen) atoms. The predicted molar refractivity (Wildman–Crippen MR) is 87.2 cm³/mol. The van der Waals surface area contributed by atoms with Crippen molar-refractivity contribution in [2.75, 3.05) is 0 Å². The van der Waals surface area contributed by atoms with Crippen LogP contribution in [0.1, 0.15) is 11.1 Å². The Morgan fingerprint density at radius 1 is 0.818 bits per heavy atom. The molecule has 0 spiro atoms. The molecule has 0 saturated carbocycles. The molecule has 0 heterocycles. The standard InChI is InChI=1S/C16H15NO3S2/c1-4-21(18,15-9-5-13(2)6-10-15)17-22(19,20)16-11-7-14(3)8-12-16/h1,5-12H,2-3H3. The number of aryl methyl sites for hydroxylation is 2. The monoisotopic (exact) mass is 333 g/mol. The maximum Gasteiger partial charge on any atom is 0.291 e. The minimum Gasteiger partial charge on any atom is -0.230 e. The summed E-state index contributed by atoms with van der Waals surface area (Å²) < 4.78 is 40.9. The summed E-state index contributed by atoms with van der Waals surface area (Å²) in [5.41, 5.74) is 1.86. The van der Waals surface area contributed by atoms with Gasteiger partial charge in [0.2, 0.25) is 0 Å². The van der Waals surface area contributed by atoms with E-state index >= 15 is 0 Å². The Morgan fingerprint density at radius 2 is 1.23 bits per heavy atom. The largest absolute Gasteiger partial charge is 0.291 e. The van der Waals surface area contributed by atoms with Gasteiger partial charge < -0.3 is 0 Å². The lowest BCUT2D eigenvalue weighted by Crippen LogP contribution is -2.04. The van der Waals surface area contributed by atoms with Gasteiger partial charge in [-0.3, -0.25) is 0 Å². The van der Waals surface area contributed by atoms with Gasteiger partial charge in [-0.15, -0.1) is 6.42 Å². The zero-order valence-electron chi connectivity index (χ0n) is 12.2. The number of hydrogen-bond acceptors (Lipinski definition) is 3.